The van der Waals surface area contributed by atoms with Gasteiger partial charge in [-0.15, -0.1) is 0 Å². The van der Waals surface area contributed by atoms with Crippen LogP contribution in [0.4, 0.5) is 4.39 Å². The second-order valence-corrected chi connectivity index (χ2v) is 9.35. The molecule has 7 heteroatoms. The Bertz CT molecular complexity index is 936. The molecule has 3 rings (SSSR count). The molecule has 1 aliphatic heterocycles. The van der Waals surface area contributed by atoms with Gasteiger partial charge in [0.25, 0.3) is 0 Å². The molecule has 0 radical (unpaired) electrons. The first-order valence-corrected chi connectivity index (χ1v) is 11.4. The van der Waals surface area contributed by atoms with E-state index in [2.05, 4.69) is 0 Å². The summed E-state index contributed by atoms with van der Waals surface area (Å²) in [4.78, 5) is 14.5. The lowest BCUT2D eigenvalue weighted by molar-refractivity contribution is -0.132. The summed E-state index contributed by atoms with van der Waals surface area (Å²) >= 11 is 0. The maximum Gasteiger partial charge on any atom is 0.222 e. The van der Waals surface area contributed by atoms with E-state index in [1.54, 1.807) is 4.90 Å². The fourth-order valence-electron chi connectivity index (χ4n) is 3.64. The molecule has 29 heavy (non-hydrogen) atoms. The molecule has 0 unspecified atom stereocenters. The lowest BCUT2D eigenvalue weighted by Gasteiger charge is -2.32. The zero-order valence-electron chi connectivity index (χ0n) is 16.5. The van der Waals surface area contributed by atoms with Gasteiger partial charge >= 0.3 is 0 Å². The van der Waals surface area contributed by atoms with Gasteiger partial charge in [0, 0.05) is 19.5 Å². The maximum atomic E-state index is 13.1. The molecule has 0 aliphatic carbocycles. The summed E-state index contributed by atoms with van der Waals surface area (Å²) in [6.45, 7) is 3.32. The molecule has 1 saturated heterocycles. The van der Waals surface area contributed by atoms with Crippen LogP contribution in [0.5, 0.6) is 5.75 Å². The first-order chi connectivity index (χ1) is 13.9. The van der Waals surface area contributed by atoms with Crippen molar-refractivity contribution in [3.63, 3.8) is 0 Å². The third kappa shape index (κ3) is 5.15. The number of halogens is 1. The number of carbonyl (C=O) groups excluding carboxylic acids is 1. The van der Waals surface area contributed by atoms with Crippen molar-refractivity contribution in [2.75, 3.05) is 19.7 Å². The number of hydrogen-bond donors (Lipinski definition) is 0. The molecule has 0 bridgehead atoms. The number of para-hydroxylation sites is 1. The Kier molecular flexibility index (Phi) is 6.90. The van der Waals surface area contributed by atoms with Crippen LogP contribution in [0.3, 0.4) is 0 Å². The number of ether oxygens (including phenoxy) is 1. The predicted octanol–water partition coefficient (Wildman–Crippen LogP) is 3.62. The predicted molar refractivity (Wildman–Crippen MR) is 109 cm³/mol. The van der Waals surface area contributed by atoms with Crippen LogP contribution in [0.1, 0.15) is 31.7 Å². The highest BCUT2D eigenvalue weighted by Crippen LogP contribution is 2.26. The Labute approximate surface area is 171 Å². The summed E-state index contributed by atoms with van der Waals surface area (Å²) in [6, 6.07) is 12.6. The number of aryl methyl sites for hydroxylation is 1. The number of nitrogens with zero attached hydrogens (tertiary/aromatic N) is 1. The molecule has 1 amide bonds. The minimum absolute atomic E-state index is 0.0222. The number of benzene rings is 2. The Balaban J connectivity index is 1.55. The maximum absolute atomic E-state index is 13.1. The molecule has 2 aromatic carbocycles. The second-order valence-electron chi connectivity index (χ2n) is 7.12. The van der Waals surface area contributed by atoms with Crippen molar-refractivity contribution in [2.45, 2.75) is 42.8 Å². The number of sulfone groups is 1. The first-order valence-electron chi connectivity index (χ1n) is 9.89. The largest absolute Gasteiger partial charge is 0.494 e. The van der Waals surface area contributed by atoms with Crippen LogP contribution < -0.4 is 4.74 Å². The number of piperidine rings is 1. The fraction of sp³-hybridized carbons (Fsp3) is 0.409. The Morgan fingerprint density at radius 3 is 2.41 bits per heavy atom. The zero-order valence-corrected chi connectivity index (χ0v) is 17.3. The van der Waals surface area contributed by atoms with E-state index in [1.165, 1.54) is 12.1 Å². The van der Waals surface area contributed by atoms with E-state index in [9.17, 15) is 17.6 Å². The van der Waals surface area contributed by atoms with Crippen LogP contribution >= 0.6 is 0 Å². The van der Waals surface area contributed by atoms with Gasteiger partial charge in [0.15, 0.2) is 9.84 Å². The van der Waals surface area contributed by atoms with E-state index in [-0.39, 0.29) is 10.8 Å². The third-order valence-electron chi connectivity index (χ3n) is 5.26. The average Bonchev–Trinajstić information content (AvgIpc) is 2.73. The van der Waals surface area contributed by atoms with Crippen LogP contribution in [0.15, 0.2) is 53.4 Å². The van der Waals surface area contributed by atoms with Gasteiger partial charge in [-0.05, 0) is 62.1 Å². The molecule has 0 N–H and O–H groups in total. The van der Waals surface area contributed by atoms with Crippen molar-refractivity contribution in [1.29, 1.82) is 0 Å². The van der Waals surface area contributed by atoms with Gasteiger partial charge in [-0.25, -0.2) is 12.8 Å². The average molecular weight is 420 g/mol. The zero-order chi connectivity index (χ0) is 20.9. The molecule has 2 aromatic rings. The Morgan fingerprint density at radius 2 is 1.76 bits per heavy atom. The van der Waals surface area contributed by atoms with Crippen molar-refractivity contribution in [1.82, 2.24) is 4.90 Å². The molecule has 5 nitrogen and oxygen atoms in total. The minimum Gasteiger partial charge on any atom is -0.494 e. The molecule has 0 aromatic heterocycles. The van der Waals surface area contributed by atoms with Crippen molar-refractivity contribution < 1.29 is 22.3 Å². The van der Waals surface area contributed by atoms with Crippen LogP contribution in [0.2, 0.25) is 0 Å². The Morgan fingerprint density at radius 1 is 1.10 bits per heavy atom. The highest BCUT2D eigenvalue weighted by Gasteiger charge is 2.32. The van der Waals surface area contributed by atoms with Gasteiger partial charge in [-0.1, -0.05) is 18.2 Å². The molecule has 1 fully saturated rings. The van der Waals surface area contributed by atoms with Gasteiger partial charge in [0.2, 0.25) is 5.91 Å². The molecule has 0 saturated carbocycles. The first kappa shape index (κ1) is 21.3. The van der Waals surface area contributed by atoms with Crippen molar-refractivity contribution >= 4 is 15.7 Å². The van der Waals surface area contributed by atoms with E-state index >= 15 is 0 Å². The van der Waals surface area contributed by atoms with E-state index in [0.717, 1.165) is 23.4 Å². The fourth-order valence-corrected chi connectivity index (χ4v) is 5.37. The minimum atomic E-state index is -3.52. The summed E-state index contributed by atoms with van der Waals surface area (Å²) in [7, 11) is -3.52. The standard InChI is InChI=1S/C22H26FNO4S/c1-2-28-21-6-4-3-5-17(21)7-12-22(25)24-15-13-20(14-16-24)29(26,27)19-10-8-18(23)9-11-19/h3-6,8-11,20H,2,7,12-16H2,1H3. The van der Waals surface area contributed by atoms with E-state index in [0.29, 0.717) is 45.4 Å². The highest BCUT2D eigenvalue weighted by atomic mass is 32.2. The van der Waals surface area contributed by atoms with Crippen molar-refractivity contribution in [3.05, 3.63) is 59.9 Å². The summed E-state index contributed by atoms with van der Waals surface area (Å²) in [5, 5.41) is -0.546. The number of amides is 1. The number of likely N-dealkylation sites (tertiary alicyclic amines) is 1. The molecular formula is C22H26FNO4S. The highest BCUT2D eigenvalue weighted by molar-refractivity contribution is 7.92. The summed E-state index contributed by atoms with van der Waals surface area (Å²) in [6.07, 6.45) is 1.73. The lowest BCUT2D eigenvalue weighted by Crippen LogP contribution is -2.42. The third-order valence-corrected chi connectivity index (χ3v) is 7.53. The molecule has 0 atom stereocenters. The van der Waals surface area contributed by atoms with E-state index in [4.69, 9.17) is 4.74 Å². The molecule has 0 spiro atoms. The van der Waals surface area contributed by atoms with E-state index in [1.807, 2.05) is 31.2 Å². The summed E-state index contributed by atoms with van der Waals surface area (Å²) in [5.74, 6) is 0.358. The SMILES string of the molecule is CCOc1ccccc1CCC(=O)N1CCC(S(=O)(=O)c2ccc(F)cc2)CC1. The van der Waals surface area contributed by atoms with Crippen LogP contribution in [-0.2, 0) is 21.1 Å². The van der Waals surface area contributed by atoms with Crippen LogP contribution in [0.25, 0.3) is 0 Å². The lowest BCUT2D eigenvalue weighted by atomic mass is 10.1. The number of rotatable bonds is 7. The summed E-state index contributed by atoms with van der Waals surface area (Å²) in [5.41, 5.74) is 0.997. The van der Waals surface area contributed by atoms with Gasteiger partial charge in [-0.3, -0.25) is 4.79 Å². The van der Waals surface area contributed by atoms with Gasteiger partial charge < -0.3 is 9.64 Å². The smallest absolute Gasteiger partial charge is 0.222 e. The van der Waals surface area contributed by atoms with Crippen molar-refractivity contribution in [3.8, 4) is 5.75 Å². The normalized spacial score (nSPS) is 15.3. The summed E-state index contributed by atoms with van der Waals surface area (Å²) < 4.78 is 44.2. The van der Waals surface area contributed by atoms with Crippen molar-refractivity contribution in [2.24, 2.45) is 0 Å². The molecule has 1 heterocycles. The molecule has 156 valence electrons. The van der Waals surface area contributed by atoms with Gasteiger partial charge in [-0.2, -0.15) is 0 Å². The van der Waals surface area contributed by atoms with Crippen LogP contribution in [0, 0.1) is 5.82 Å². The number of hydrogen-bond acceptors (Lipinski definition) is 4. The van der Waals surface area contributed by atoms with Gasteiger partial charge in [0.05, 0.1) is 16.8 Å². The quantitative estimate of drug-likeness (QED) is 0.643. The van der Waals surface area contributed by atoms with E-state index < -0.39 is 20.9 Å². The Hall–Kier alpha value is -2.41. The second kappa shape index (κ2) is 9.39. The van der Waals surface area contributed by atoms with Crippen LogP contribution in [-0.4, -0.2) is 44.2 Å². The van der Waals surface area contributed by atoms with Gasteiger partial charge in [0.1, 0.15) is 11.6 Å². The molecular weight excluding hydrogens is 393 g/mol. The molecule has 1 aliphatic rings. The topological polar surface area (TPSA) is 63.7 Å². The monoisotopic (exact) mass is 419 g/mol. The number of carbonyl (C=O) groups is 1.